The molecule has 12 nitrogen and oxygen atoms in total. The Morgan fingerprint density at radius 1 is 0.980 bits per heavy atom. The summed E-state index contributed by atoms with van der Waals surface area (Å²) < 4.78 is 11.3. The Kier molecular flexibility index (Phi) is 12.0. The number of rotatable bonds is 15. The van der Waals surface area contributed by atoms with E-state index in [0.717, 1.165) is 58.6 Å². The van der Waals surface area contributed by atoms with Gasteiger partial charge in [0, 0.05) is 73.1 Å². The lowest BCUT2D eigenvalue weighted by molar-refractivity contribution is 0.386. The minimum atomic E-state index is 0.368. The molecule has 0 aliphatic carbocycles. The molecule has 1 aliphatic heterocycles. The molecule has 0 bridgehead atoms. The quantitative estimate of drug-likeness (QED) is 0.0870. The first-order valence-electron chi connectivity index (χ1n) is 16.2. The molecule has 1 atom stereocenters. The normalized spacial score (nSPS) is 14.5. The fourth-order valence-electron chi connectivity index (χ4n) is 5.74. The van der Waals surface area contributed by atoms with Gasteiger partial charge in [0.05, 0.1) is 43.0 Å². The van der Waals surface area contributed by atoms with E-state index in [1.165, 1.54) is 5.01 Å². The largest absolute Gasteiger partial charge is 0.480 e. The number of hydrogen-bond acceptors (Lipinski definition) is 12. The van der Waals surface area contributed by atoms with Gasteiger partial charge in [0.1, 0.15) is 11.4 Å². The van der Waals surface area contributed by atoms with Gasteiger partial charge in [-0.1, -0.05) is 54.6 Å². The van der Waals surface area contributed by atoms with E-state index in [1.54, 1.807) is 32.8 Å². The van der Waals surface area contributed by atoms with E-state index in [0.29, 0.717) is 71.8 Å². The van der Waals surface area contributed by atoms with Crippen molar-refractivity contribution in [2.24, 2.45) is 11.6 Å². The van der Waals surface area contributed by atoms with E-state index in [1.807, 2.05) is 50.2 Å². The number of methoxy groups -OCH3 is 2. The van der Waals surface area contributed by atoms with Crippen LogP contribution in [0.2, 0.25) is 5.02 Å². The molecular formula is C36H45ClN10O2. The summed E-state index contributed by atoms with van der Waals surface area (Å²) in [5.74, 6) is 6.69. The van der Waals surface area contributed by atoms with E-state index in [2.05, 4.69) is 27.5 Å². The van der Waals surface area contributed by atoms with Gasteiger partial charge in [0.15, 0.2) is 0 Å². The van der Waals surface area contributed by atoms with Crippen LogP contribution in [0.4, 0.5) is 0 Å². The lowest BCUT2D eigenvalue weighted by atomic mass is 9.93. The van der Waals surface area contributed by atoms with Gasteiger partial charge < -0.3 is 36.2 Å². The predicted molar refractivity (Wildman–Crippen MR) is 194 cm³/mol. The summed E-state index contributed by atoms with van der Waals surface area (Å²) in [5.41, 5.74) is 14.9. The number of ether oxygens (including phenoxy) is 2. The molecule has 258 valence electrons. The number of hydrazine groups is 1. The Hall–Kier alpha value is -4.75. The first kappa shape index (κ1) is 35.6. The van der Waals surface area contributed by atoms with Crippen LogP contribution in [0.1, 0.15) is 36.7 Å². The van der Waals surface area contributed by atoms with Crippen molar-refractivity contribution < 1.29 is 9.47 Å². The second-order valence-electron chi connectivity index (χ2n) is 11.8. The van der Waals surface area contributed by atoms with Crippen LogP contribution >= 0.6 is 11.6 Å². The van der Waals surface area contributed by atoms with E-state index in [4.69, 9.17) is 47.6 Å². The van der Waals surface area contributed by atoms with Crippen LogP contribution in [-0.4, -0.2) is 64.8 Å². The van der Waals surface area contributed by atoms with Gasteiger partial charge in [-0.05, 0) is 37.8 Å². The van der Waals surface area contributed by atoms with Gasteiger partial charge in [0.2, 0.25) is 11.8 Å². The molecule has 49 heavy (non-hydrogen) atoms. The fourth-order valence-corrected chi connectivity index (χ4v) is 6.06. The molecule has 3 heterocycles. The number of aromatic nitrogens is 4. The fraction of sp³-hybridized carbons (Fsp3) is 0.333. The lowest BCUT2D eigenvalue weighted by Gasteiger charge is -2.16. The van der Waals surface area contributed by atoms with Crippen molar-refractivity contribution in [3.63, 3.8) is 0 Å². The van der Waals surface area contributed by atoms with Crippen LogP contribution in [0.3, 0.4) is 0 Å². The molecule has 1 aliphatic rings. The monoisotopic (exact) mass is 684 g/mol. The second kappa shape index (κ2) is 16.6. The summed E-state index contributed by atoms with van der Waals surface area (Å²) in [6.45, 7) is 10.9. The summed E-state index contributed by atoms with van der Waals surface area (Å²) in [6.07, 6.45) is 7.26. The van der Waals surface area contributed by atoms with Crippen LogP contribution in [-0.2, 0) is 13.1 Å². The molecule has 0 saturated carbocycles. The van der Waals surface area contributed by atoms with E-state index in [9.17, 15) is 0 Å². The molecule has 2 aromatic heterocycles. The molecule has 7 N–H and O–H groups in total. The molecule has 13 heteroatoms. The Morgan fingerprint density at radius 3 is 2.18 bits per heavy atom. The third-order valence-electron chi connectivity index (χ3n) is 8.39. The maximum absolute atomic E-state index is 7.11. The van der Waals surface area contributed by atoms with Crippen LogP contribution in [0.25, 0.3) is 33.6 Å². The highest BCUT2D eigenvalue weighted by Crippen LogP contribution is 2.39. The highest BCUT2D eigenvalue weighted by molar-refractivity contribution is 6.36. The number of hydrogen-bond donors (Lipinski definition) is 5. The molecule has 5 rings (SSSR count). The van der Waals surface area contributed by atoms with Gasteiger partial charge in [-0.2, -0.15) is 0 Å². The first-order chi connectivity index (χ1) is 23.7. The molecular weight excluding hydrogens is 640 g/mol. The SMILES string of the molecule is C=C1CC[C@@H](CNCc2ncc(-c3cccc(-c4cccc(-c5cnc(CNC/C(N)=C/N(N)CC)c(OC)n5)c4C)c3Cl)nc2OC)N1. The molecule has 1 saturated heterocycles. The molecule has 0 amide bonds. The van der Waals surface area contributed by atoms with Crippen molar-refractivity contribution in [2.45, 2.75) is 45.8 Å². The minimum absolute atomic E-state index is 0.368. The van der Waals surface area contributed by atoms with Gasteiger partial charge in [-0.3, -0.25) is 9.97 Å². The van der Waals surface area contributed by atoms with E-state index in [-0.39, 0.29) is 0 Å². The summed E-state index contributed by atoms with van der Waals surface area (Å²) in [6, 6.07) is 12.3. The molecule has 0 radical (unpaired) electrons. The van der Waals surface area contributed by atoms with Crippen molar-refractivity contribution >= 4 is 11.6 Å². The predicted octanol–water partition coefficient (Wildman–Crippen LogP) is 4.69. The molecule has 2 aromatic carbocycles. The van der Waals surface area contributed by atoms with Gasteiger partial charge in [-0.25, -0.2) is 15.8 Å². The van der Waals surface area contributed by atoms with Gasteiger partial charge in [-0.15, -0.1) is 0 Å². The Labute approximate surface area is 293 Å². The second-order valence-corrected chi connectivity index (χ2v) is 12.2. The number of allylic oxidation sites excluding steroid dienone is 1. The topological polar surface area (TPSA) is 161 Å². The Balaban J connectivity index is 1.35. The number of nitrogens with two attached hydrogens (primary N) is 2. The van der Waals surface area contributed by atoms with Crippen LogP contribution < -0.4 is 37.0 Å². The van der Waals surface area contributed by atoms with Crippen LogP contribution in [0, 0.1) is 6.92 Å². The summed E-state index contributed by atoms with van der Waals surface area (Å²) in [4.78, 5) is 19.0. The van der Waals surface area contributed by atoms with Crippen molar-refractivity contribution in [3.05, 3.63) is 94.9 Å². The molecule has 4 aromatic rings. The number of halogens is 1. The van der Waals surface area contributed by atoms with E-state index < -0.39 is 0 Å². The lowest BCUT2D eigenvalue weighted by Crippen LogP contribution is -2.33. The number of nitrogens with zero attached hydrogens (tertiary/aromatic N) is 5. The van der Waals surface area contributed by atoms with Crippen LogP contribution in [0.15, 0.2) is 73.0 Å². The van der Waals surface area contributed by atoms with Crippen LogP contribution in [0.5, 0.6) is 11.8 Å². The maximum Gasteiger partial charge on any atom is 0.237 e. The Bertz CT molecular complexity index is 1820. The highest BCUT2D eigenvalue weighted by Gasteiger charge is 2.19. The third kappa shape index (κ3) is 8.65. The van der Waals surface area contributed by atoms with Crippen molar-refractivity contribution in [3.8, 4) is 45.4 Å². The molecule has 0 unspecified atom stereocenters. The number of benzene rings is 2. The number of nitrogens with one attached hydrogen (secondary N) is 3. The minimum Gasteiger partial charge on any atom is -0.480 e. The van der Waals surface area contributed by atoms with Gasteiger partial charge in [0.25, 0.3) is 0 Å². The molecule has 0 spiro atoms. The molecule has 1 fully saturated rings. The summed E-state index contributed by atoms with van der Waals surface area (Å²) in [5, 5.41) is 12.2. The first-order valence-corrected chi connectivity index (χ1v) is 16.6. The van der Waals surface area contributed by atoms with E-state index >= 15 is 0 Å². The summed E-state index contributed by atoms with van der Waals surface area (Å²) in [7, 11) is 3.18. The Morgan fingerprint density at radius 2 is 1.57 bits per heavy atom. The summed E-state index contributed by atoms with van der Waals surface area (Å²) >= 11 is 7.11. The standard InChI is InChI=1S/C36H45ClN10O2/c1-6-47(39)21-24(38)15-40-17-32-35(48-4)45-30(19-42-32)27-10-7-9-26(23(27)3)28-11-8-12-29(34(28)37)31-20-43-33(36(46-31)49-5)18-41-16-25-14-13-22(2)44-25/h7-12,19-21,25,40-41,44H,2,6,13-18,38-39H2,1,3-5H3/b24-21-/t25-/m0/s1. The average molecular weight is 685 g/mol. The average Bonchev–Trinajstić information content (AvgIpc) is 3.53. The van der Waals surface area contributed by atoms with Crippen molar-refractivity contribution in [1.29, 1.82) is 0 Å². The van der Waals surface area contributed by atoms with Crippen molar-refractivity contribution in [2.75, 3.05) is 33.9 Å². The zero-order chi connectivity index (χ0) is 34.9. The zero-order valence-corrected chi connectivity index (χ0v) is 29.3. The third-order valence-corrected chi connectivity index (χ3v) is 8.80. The van der Waals surface area contributed by atoms with Crippen molar-refractivity contribution in [1.82, 2.24) is 40.9 Å². The van der Waals surface area contributed by atoms with Gasteiger partial charge >= 0.3 is 0 Å². The maximum atomic E-state index is 7.11. The highest BCUT2D eigenvalue weighted by atomic mass is 35.5. The smallest absolute Gasteiger partial charge is 0.237 e. The zero-order valence-electron chi connectivity index (χ0n) is 28.5.